The highest BCUT2D eigenvalue weighted by atomic mass is 16.2. The van der Waals surface area contributed by atoms with Crippen molar-refractivity contribution in [3.8, 4) is 0 Å². The summed E-state index contributed by atoms with van der Waals surface area (Å²) >= 11 is 0. The predicted molar refractivity (Wildman–Crippen MR) is 86.8 cm³/mol. The third-order valence-electron chi connectivity index (χ3n) is 4.08. The first-order valence-corrected chi connectivity index (χ1v) is 7.80. The Morgan fingerprint density at radius 2 is 1.91 bits per heavy atom. The summed E-state index contributed by atoms with van der Waals surface area (Å²) in [5.41, 5.74) is 1.86. The summed E-state index contributed by atoms with van der Waals surface area (Å²) in [6, 6.07) is 7.95. The van der Waals surface area contributed by atoms with E-state index < -0.39 is 0 Å². The van der Waals surface area contributed by atoms with E-state index in [9.17, 15) is 9.59 Å². The highest BCUT2D eigenvalue weighted by Crippen LogP contribution is 2.14. The summed E-state index contributed by atoms with van der Waals surface area (Å²) in [6.07, 6.45) is 0.777. The number of benzene rings is 1. The molecule has 0 bridgehead atoms. The number of carbonyl (C=O) groups excluding carboxylic acids is 2. The topological polar surface area (TPSA) is 52.7 Å². The van der Waals surface area contributed by atoms with Crippen molar-refractivity contribution in [3.05, 3.63) is 35.4 Å². The summed E-state index contributed by atoms with van der Waals surface area (Å²) in [6.45, 7) is 6.85. The molecule has 1 aromatic rings. The van der Waals surface area contributed by atoms with Gasteiger partial charge in [-0.15, -0.1) is 0 Å². The molecule has 2 rings (SSSR count). The van der Waals surface area contributed by atoms with Gasteiger partial charge in [-0.25, -0.2) is 0 Å². The first kappa shape index (κ1) is 16.5. The monoisotopic (exact) mass is 303 g/mol. The first-order chi connectivity index (χ1) is 10.5. The number of hydrogen-bond acceptors (Lipinski definition) is 3. The van der Waals surface area contributed by atoms with Gasteiger partial charge in [0.05, 0.1) is 0 Å². The van der Waals surface area contributed by atoms with Gasteiger partial charge in [-0.05, 0) is 38.1 Å². The van der Waals surface area contributed by atoms with E-state index in [0.29, 0.717) is 6.54 Å². The molecule has 1 aliphatic rings. The number of nitrogens with zero attached hydrogens (tertiary/aromatic N) is 2. The number of carbonyl (C=O) groups is 2. The van der Waals surface area contributed by atoms with Crippen LogP contribution in [0.15, 0.2) is 24.3 Å². The number of nitrogens with one attached hydrogen (secondary N) is 1. The number of hydrogen-bond donors (Lipinski definition) is 1. The molecule has 0 radical (unpaired) electrons. The lowest BCUT2D eigenvalue weighted by atomic mass is 10.1. The fourth-order valence-electron chi connectivity index (χ4n) is 2.80. The zero-order valence-corrected chi connectivity index (χ0v) is 13.6. The van der Waals surface area contributed by atoms with Gasteiger partial charge in [-0.2, -0.15) is 0 Å². The number of amides is 2. The number of likely N-dealkylation sites (N-methyl/N-ethyl adjacent to an activating group) is 1. The molecule has 22 heavy (non-hydrogen) atoms. The van der Waals surface area contributed by atoms with Crippen molar-refractivity contribution >= 4 is 11.8 Å². The van der Waals surface area contributed by atoms with Crippen LogP contribution in [-0.4, -0.2) is 60.9 Å². The van der Waals surface area contributed by atoms with E-state index in [4.69, 9.17) is 0 Å². The molecule has 120 valence electrons. The van der Waals surface area contributed by atoms with Crippen molar-refractivity contribution in [1.82, 2.24) is 15.1 Å². The second-order valence-corrected chi connectivity index (χ2v) is 6.04. The highest BCUT2D eigenvalue weighted by Gasteiger charge is 2.26. The first-order valence-electron chi connectivity index (χ1n) is 7.80. The van der Waals surface area contributed by atoms with Crippen LogP contribution in [0.25, 0.3) is 0 Å². The van der Waals surface area contributed by atoms with Gasteiger partial charge in [0, 0.05) is 44.7 Å². The minimum absolute atomic E-state index is 0.0177. The van der Waals surface area contributed by atoms with Gasteiger partial charge >= 0.3 is 0 Å². The molecule has 0 saturated carbocycles. The van der Waals surface area contributed by atoms with Crippen molar-refractivity contribution in [1.29, 1.82) is 0 Å². The summed E-state index contributed by atoms with van der Waals surface area (Å²) < 4.78 is 0. The third-order valence-corrected chi connectivity index (χ3v) is 4.08. The van der Waals surface area contributed by atoms with Gasteiger partial charge in [0.25, 0.3) is 5.91 Å². The second kappa shape index (κ2) is 7.40. The molecule has 1 atom stereocenters. The van der Waals surface area contributed by atoms with Crippen LogP contribution in [0.5, 0.6) is 0 Å². The van der Waals surface area contributed by atoms with E-state index in [0.717, 1.165) is 37.2 Å². The van der Waals surface area contributed by atoms with Crippen LogP contribution >= 0.6 is 0 Å². The van der Waals surface area contributed by atoms with Gasteiger partial charge < -0.3 is 15.1 Å². The minimum Gasteiger partial charge on any atom is -0.356 e. The van der Waals surface area contributed by atoms with E-state index in [1.807, 2.05) is 29.2 Å². The predicted octanol–water partition coefficient (Wildman–Crippen LogP) is 1.14. The molecule has 1 N–H and O–H groups in total. The van der Waals surface area contributed by atoms with Crippen molar-refractivity contribution in [3.63, 3.8) is 0 Å². The lowest BCUT2D eigenvalue weighted by Gasteiger charge is -2.38. The molecule has 1 heterocycles. The molecular formula is C17H25N3O2. The fourth-order valence-corrected chi connectivity index (χ4v) is 2.80. The summed E-state index contributed by atoms with van der Waals surface area (Å²) in [5.74, 6) is 0.0878. The summed E-state index contributed by atoms with van der Waals surface area (Å²) in [5, 5.41) is 2.77. The van der Waals surface area contributed by atoms with Crippen molar-refractivity contribution in [2.75, 3.05) is 33.2 Å². The molecule has 1 aliphatic heterocycles. The lowest BCUT2D eigenvalue weighted by Crippen LogP contribution is -2.52. The lowest BCUT2D eigenvalue weighted by molar-refractivity contribution is -0.118. The Balaban J connectivity index is 1.94. The van der Waals surface area contributed by atoms with Gasteiger partial charge in [0.1, 0.15) is 0 Å². The Hall–Kier alpha value is -1.88. The van der Waals surface area contributed by atoms with E-state index in [1.165, 1.54) is 6.92 Å². The van der Waals surface area contributed by atoms with Crippen LogP contribution in [0.3, 0.4) is 0 Å². The number of piperazine rings is 1. The van der Waals surface area contributed by atoms with Crippen LogP contribution in [0.2, 0.25) is 0 Å². The van der Waals surface area contributed by atoms with Crippen molar-refractivity contribution in [2.45, 2.75) is 26.3 Å². The molecule has 5 nitrogen and oxygen atoms in total. The minimum atomic E-state index is -0.0177. The van der Waals surface area contributed by atoms with Crippen molar-refractivity contribution in [2.24, 2.45) is 0 Å². The van der Waals surface area contributed by atoms with E-state index >= 15 is 0 Å². The summed E-state index contributed by atoms with van der Waals surface area (Å²) in [4.78, 5) is 27.6. The molecule has 1 unspecified atom stereocenters. The van der Waals surface area contributed by atoms with Gasteiger partial charge in [-0.1, -0.05) is 12.1 Å². The molecular weight excluding hydrogens is 278 g/mol. The van der Waals surface area contributed by atoms with Crippen LogP contribution in [0.1, 0.15) is 29.8 Å². The largest absolute Gasteiger partial charge is 0.356 e. The third kappa shape index (κ3) is 4.31. The molecule has 1 aromatic carbocycles. The van der Waals surface area contributed by atoms with Crippen LogP contribution in [0, 0.1) is 0 Å². The normalized spacial score (nSPS) is 19.0. The Kier molecular flexibility index (Phi) is 5.55. The zero-order valence-electron chi connectivity index (χ0n) is 13.6. The molecule has 1 fully saturated rings. The second-order valence-electron chi connectivity index (χ2n) is 6.04. The van der Waals surface area contributed by atoms with Crippen LogP contribution < -0.4 is 5.32 Å². The average Bonchev–Trinajstić information content (AvgIpc) is 2.47. The smallest absolute Gasteiger partial charge is 0.254 e. The van der Waals surface area contributed by atoms with E-state index in [2.05, 4.69) is 24.2 Å². The molecule has 0 aliphatic carbocycles. The highest BCUT2D eigenvalue weighted by molar-refractivity contribution is 5.94. The van der Waals surface area contributed by atoms with Gasteiger partial charge in [0.15, 0.2) is 0 Å². The standard InChI is InChI=1S/C17H25N3O2/c1-13-12-19(3)10-11-20(13)17(22)16-6-4-15(5-7-16)8-9-18-14(2)21/h4-7,13H,8-12H2,1-3H3,(H,18,21). The van der Waals surface area contributed by atoms with Gasteiger partial charge in [-0.3, -0.25) is 9.59 Å². The molecule has 5 heteroatoms. The quantitative estimate of drug-likeness (QED) is 0.907. The van der Waals surface area contributed by atoms with Crippen LogP contribution in [0.4, 0.5) is 0 Å². The molecule has 0 spiro atoms. The van der Waals surface area contributed by atoms with E-state index in [1.54, 1.807) is 0 Å². The molecule has 1 saturated heterocycles. The SMILES string of the molecule is CC(=O)NCCc1ccc(C(=O)N2CCN(C)CC2C)cc1. The molecule has 2 amide bonds. The van der Waals surface area contributed by atoms with E-state index in [-0.39, 0.29) is 17.9 Å². The summed E-state index contributed by atoms with van der Waals surface area (Å²) in [7, 11) is 2.09. The molecule has 0 aromatic heterocycles. The maximum absolute atomic E-state index is 12.6. The maximum atomic E-state index is 12.6. The fraction of sp³-hybridized carbons (Fsp3) is 0.529. The van der Waals surface area contributed by atoms with Gasteiger partial charge in [0.2, 0.25) is 5.91 Å². The van der Waals surface area contributed by atoms with Crippen molar-refractivity contribution < 1.29 is 9.59 Å². The van der Waals surface area contributed by atoms with Crippen LogP contribution in [-0.2, 0) is 11.2 Å². The average molecular weight is 303 g/mol. The Morgan fingerprint density at radius 1 is 1.23 bits per heavy atom. The Morgan fingerprint density at radius 3 is 2.50 bits per heavy atom. The zero-order chi connectivity index (χ0) is 16.1. The number of rotatable bonds is 4. The Bertz CT molecular complexity index is 527. The Labute approximate surface area is 132 Å². The maximum Gasteiger partial charge on any atom is 0.254 e.